The average molecular weight is 354 g/mol. The Morgan fingerprint density at radius 1 is 1.20 bits per heavy atom. The zero-order chi connectivity index (χ0) is 18.2. The molecule has 0 aromatic heterocycles. The Balaban J connectivity index is 1.75. The van der Waals surface area contributed by atoms with Crippen molar-refractivity contribution in [3.05, 3.63) is 53.3 Å². The molecule has 3 N–H and O–H groups in total. The van der Waals surface area contributed by atoms with Crippen molar-refractivity contribution in [3.63, 3.8) is 0 Å². The maximum absolute atomic E-state index is 13.9. The highest BCUT2D eigenvalue weighted by Gasteiger charge is 2.35. The number of alkyl halides is 3. The number of nitrogens with one attached hydrogen (secondary N) is 2. The van der Waals surface area contributed by atoms with Gasteiger partial charge in [-0.2, -0.15) is 13.2 Å². The largest absolute Gasteiger partial charge is 0.491 e. The van der Waals surface area contributed by atoms with Crippen molar-refractivity contribution in [2.45, 2.75) is 12.8 Å². The molecule has 0 saturated heterocycles. The Morgan fingerprint density at radius 3 is 2.68 bits per heavy atom. The van der Waals surface area contributed by atoms with E-state index in [0.717, 1.165) is 17.7 Å². The second-order valence-corrected chi connectivity index (χ2v) is 5.32. The molecule has 0 radical (unpaired) electrons. The zero-order valence-corrected chi connectivity index (χ0v) is 12.5. The fourth-order valence-electron chi connectivity index (χ4n) is 2.42. The number of urea groups is 1. The highest BCUT2D eigenvalue weighted by Crippen LogP contribution is 2.33. The number of benzene rings is 2. The minimum absolute atomic E-state index is 0.235. The highest BCUT2D eigenvalue weighted by molar-refractivity contribution is 6.61. The van der Waals surface area contributed by atoms with Crippen LogP contribution < -0.4 is 16.1 Å². The lowest BCUT2D eigenvalue weighted by atomic mass is 9.79. The van der Waals surface area contributed by atoms with Crippen LogP contribution in [0.25, 0.3) is 0 Å². The molecular weight excluding hydrogens is 343 g/mol. The number of amides is 2. The molecule has 0 unspecified atom stereocenters. The smallest absolute Gasteiger partial charge is 0.423 e. The van der Waals surface area contributed by atoms with Crippen LogP contribution in [0.5, 0.6) is 0 Å². The fraction of sp³-hybridized carbons (Fsp3) is 0.133. The van der Waals surface area contributed by atoms with Crippen LogP contribution in [-0.2, 0) is 17.4 Å². The van der Waals surface area contributed by atoms with Gasteiger partial charge >= 0.3 is 19.3 Å². The van der Waals surface area contributed by atoms with Crippen LogP contribution in [-0.4, -0.2) is 18.2 Å². The maximum atomic E-state index is 13.9. The Bertz CT molecular complexity index is 829. The lowest BCUT2D eigenvalue weighted by Gasteiger charge is -2.13. The van der Waals surface area contributed by atoms with Gasteiger partial charge in [-0.25, -0.2) is 9.18 Å². The Kier molecular flexibility index (Phi) is 4.40. The summed E-state index contributed by atoms with van der Waals surface area (Å²) in [7, 11) is -1.11. The summed E-state index contributed by atoms with van der Waals surface area (Å²) in [6, 6.07) is 6.30. The summed E-state index contributed by atoms with van der Waals surface area (Å²) in [5.74, 6) is -1.57. The van der Waals surface area contributed by atoms with Gasteiger partial charge in [-0.05, 0) is 35.3 Å². The summed E-state index contributed by atoms with van der Waals surface area (Å²) in [5, 5.41) is 14.0. The summed E-state index contributed by atoms with van der Waals surface area (Å²) in [4.78, 5) is 11.9. The van der Waals surface area contributed by atoms with Crippen molar-refractivity contribution in [3.8, 4) is 0 Å². The maximum Gasteiger partial charge on any atom is 0.491 e. The quantitative estimate of drug-likeness (QED) is 0.574. The lowest BCUT2D eigenvalue weighted by molar-refractivity contribution is -0.139. The van der Waals surface area contributed by atoms with Crippen LogP contribution in [0.15, 0.2) is 36.4 Å². The Hall–Kier alpha value is -2.59. The fourth-order valence-corrected chi connectivity index (χ4v) is 2.42. The minimum atomic E-state index is -4.87. The van der Waals surface area contributed by atoms with Gasteiger partial charge in [-0.1, -0.05) is 12.1 Å². The van der Waals surface area contributed by atoms with Gasteiger partial charge in [-0.15, -0.1) is 0 Å². The summed E-state index contributed by atoms with van der Waals surface area (Å²) in [6.07, 6.45) is -4.87. The molecule has 2 amide bonds. The van der Waals surface area contributed by atoms with Crippen LogP contribution in [0.3, 0.4) is 0 Å². The monoisotopic (exact) mass is 354 g/mol. The first-order chi connectivity index (χ1) is 11.8. The normalized spacial score (nSPS) is 13.6. The number of hydrogen-bond donors (Lipinski definition) is 3. The molecule has 0 aliphatic carbocycles. The number of halogens is 4. The molecule has 0 saturated carbocycles. The summed E-state index contributed by atoms with van der Waals surface area (Å²) in [5.41, 5.74) is -0.571. The number of rotatable bonds is 2. The lowest BCUT2D eigenvalue weighted by Crippen LogP contribution is -2.29. The van der Waals surface area contributed by atoms with Crippen molar-refractivity contribution < 1.29 is 32.0 Å². The predicted octanol–water partition coefficient (Wildman–Crippen LogP) is 2.71. The van der Waals surface area contributed by atoms with E-state index in [-0.39, 0.29) is 12.3 Å². The van der Waals surface area contributed by atoms with Gasteiger partial charge in [0.25, 0.3) is 0 Å². The number of anilines is 2. The summed E-state index contributed by atoms with van der Waals surface area (Å²) in [6.45, 7) is 0.235. The number of fused-ring (bicyclic) bond motifs is 1. The number of hydrogen-bond acceptors (Lipinski definition) is 3. The molecular formula is C15H11BF4N2O3. The average Bonchev–Trinajstić information content (AvgIpc) is 2.89. The van der Waals surface area contributed by atoms with Crippen LogP contribution in [0.2, 0.25) is 0 Å². The van der Waals surface area contributed by atoms with E-state index in [2.05, 4.69) is 5.32 Å². The first kappa shape index (κ1) is 17.2. The van der Waals surface area contributed by atoms with Gasteiger partial charge in [0.15, 0.2) is 5.82 Å². The zero-order valence-electron chi connectivity index (χ0n) is 12.5. The molecule has 0 spiro atoms. The molecule has 0 atom stereocenters. The van der Waals surface area contributed by atoms with Gasteiger partial charge in [0.05, 0.1) is 17.9 Å². The first-order valence-electron chi connectivity index (χ1n) is 7.12. The molecule has 5 nitrogen and oxygen atoms in total. The number of carbonyl (C=O) groups is 1. The van der Waals surface area contributed by atoms with E-state index in [1.54, 1.807) is 6.07 Å². The van der Waals surface area contributed by atoms with E-state index < -0.39 is 36.4 Å². The van der Waals surface area contributed by atoms with E-state index in [1.807, 2.05) is 5.32 Å². The molecule has 0 bridgehead atoms. The molecule has 0 fully saturated rings. The summed E-state index contributed by atoms with van der Waals surface area (Å²) < 4.78 is 56.9. The molecule has 2 aromatic rings. The van der Waals surface area contributed by atoms with Crippen molar-refractivity contribution >= 4 is 30.0 Å². The van der Waals surface area contributed by atoms with E-state index in [0.29, 0.717) is 11.5 Å². The Labute approximate surface area is 139 Å². The van der Waals surface area contributed by atoms with Crippen LogP contribution in [0.1, 0.15) is 11.1 Å². The third kappa shape index (κ3) is 3.59. The molecule has 2 aromatic carbocycles. The first-order valence-corrected chi connectivity index (χ1v) is 7.12. The molecule has 130 valence electrons. The standard InChI is InChI=1S/C15H11BF4N2O3/c17-13-10(15(18,19)20)2-1-3-12(13)22-14(23)21-9-5-4-8-7-25-16(24)11(8)6-9/h1-6,24H,7H2,(H2,21,22,23). The van der Waals surface area contributed by atoms with Crippen LogP contribution >= 0.6 is 0 Å². The van der Waals surface area contributed by atoms with Crippen molar-refractivity contribution in [1.82, 2.24) is 0 Å². The van der Waals surface area contributed by atoms with E-state index in [1.165, 1.54) is 12.1 Å². The second-order valence-electron chi connectivity index (χ2n) is 5.32. The SMILES string of the molecule is O=C(Nc1ccc2c(c1)B(O)OC2)Nc1cccc(C(F)(F)F)c1F. The van der Waals surface area contributed by atoms with Crippen LogP contribution in [0, 0.1) is 5.82 Å². The van der Waals surface area contributed by atoms with Gasteiger partial charge in [0, 0.05) is 5.69 Å². The number of carbonyl (C=O) groups excluding carboxylic acids is 1. The molecule has 1 aliphatic rings. The van der Waals surface area contributed by atoms with Crippen molar-refractivity contribution in [2.24, 2.45) is 0 Å². The minimum Gasteiger partial charge on any atom is -0.423 e. The molecule has 1 heterocycles. The van der Waals surface area contributed by atoms with Gasteiger partial charge in [0.1, 0.15) is 0 Å². The summed E-state index contributed by atoms with van der Waals surface area (Å²) >= 11 is 0. The van der Waals surface area contributed by atoms with Gasteiger partial charge in [-0.3, -0.25) is 0 Å². The van der Waals surface area contributed by atoms with E-state index >= 15 is 0 Å². The highest BCUT2D eigenvalue weighted by atomic mass is 19.4. The predicted molar refractivity (Wildman–Crippen MR) is 82.9 cm³/mol. The topological polar surface area (TPSA) is 70.6 Å². The van der Waals surface area contributed by atoms with Gasteiger partial charge in [0.2, 0.25) is 0 Å². The van der Waals surface area contributed by atoms with Gasteiger partial charge < -0.3 is 20.3 Å². The van der Waals surface area contributed by atoms with Crippen molar-refractivity contribution in [2.75, 3.05) is 10.6 Å². The molecule has 10 heteroatoms. The third-order valence-electron chi connectivity index (χ3n) is 3.62. The van der Waals surface area contributed by atoms with E-state index in [4.69, 9.17) is 4.65 Å². The third-order valence-corrected chi connectivity index (χ3v) is 3.62. The molecule has 25 heavy (non-hydrogen) atoms. The van der Waals surface area contributed by atoms with Crippen LogP contribution in [0.4, 0.5) is 33.7 Å². The van der Waals surface area contributed by atoms with Crippen molar-refractivity contribution in [1.29, 1.82) is 0 Å². The van der Waals surface area contributed by atoms with E-state index in [9.17, 15) is 27.4 Å². The second kappa shape index (κ2) is 6.38. The Morgan fingerprint density at radius 2 is 1.96 bits per heavy atom. The molecule has 1 aliphatic heterocycles. The molecule has 3 rings (SSSR count).